The SMILES string of the molecule is CN(C(=O)CNCC1CC1)C1CCCCCCC1. The van der Waals surface area contributed by atoms with Crippen molar-refractivity contribution in [2.75, 3.05) is 20.1 Å². The van der Waals surface area contributed by atoms with E-state index in [9.17, 15) is 4.79 Å². The number of hydrogen-bond donors (Lipinski definition) is 1. The minimum atomic E-state index is 0.279. The Bertz CT molecular complexity index is 255. The second kappa shape index (κ2) is 7.13. The van der Waals surface area contributed by atoms with Crippen LogP contribution in [-0.4, -0.2) is 37.0 Å². The molecule has 0 bridgehead atoms. The van der Waals surface area contributed by atoms with Crippen molar-refractivity contribution in [3.8, 4) is 0 Å². The Labute approximate surface area is 111 Å². The molecule has 2 aliphatic rings. The van der Waals surface area contributed by atoms with Gasteiger partial charge in [-0.2, -0.15) is 0 Å². The van der Waals surface area contributed by atoms with Gasteiger partial charge in [-0.1, -0.05) is 32.1 Å². The molecule has 2 aliphatic carbocycles. The van der Waals surface area contributed by atoms with E-state index in [1.54, 1.807) is 0 Å². The van der Waals surface area contributed by atoms with Gasteiger partial charge >= 0.3 is 0 Å². The van der Waals surface area contributed by atoms with E-state index in [-0.39, 0.29) is 5.91 Å². The Hall–Kier alpha value is -0.570. The lowest BCUT2D eigenvalue weighted by Gasteiger charge is -2.30. The minimum Gasteiger partial charge on any atom is -0.342 e. The molecule has 0 aromatic carbocycles. The average molecular weight is 252 g/mol. The molecule has 2 saturated carbocycles. The summed E-state index contributed by atoms with van der Waals surface area (Å²) in [7, 11) is 1.99. The van der Waals surface area contributed by atoms with Crippen LogP contribution in [0, 0.1) is 5.92 Å². The molecular weight excluding hydrogens is 224 g/mol. The molecule has 0 heterocycles. The highest BCUT2D eigenvalue weighted by atomic mass is 16.2. The van der Waals surface area contributed by atoms with Gasteiger partial charge in [0, 0.05) is 13.1 Å². The molecule has 0 atom stereocenters. The van der Waals surface area contributed by atoms with Crippen LogP contribution in [0.3, 0.4) is 0 Å². The van der Waals surface area contributed by atoms with Gasteiger partial charge in [0.15, 0.2) is 0 Å². The highest BCUT2D eigenvalue weighted by Gasteiger charge is 2.23. The number of hydrogen-bond acceptors (Lipinski definition) is 2. The number of carbonyl (C=O) groups excluding carboxylic acids is 1. The molecule has 2 rings (SSSR count). The third-order valence-electron chi connectivity index (χ3n) is 4.42. The summed E-state index contributed by atoms with van der Waals surface area (Å²) in [5.41, 5.74) is 0. The Kier molecular flexibility index (Phi) is 5.48. The van der Waals surface area contributed by atoms with E-state index in [1.807, 2.05) is 11.9 Å². The summed E-state index contributed by atoms with van der Waals surface area (Å²) < 4.78 is 0. The van der Waals surface area contributed by atoms with E-state index < -0.39 is 0 Å². The number of amides is 1. The molecule has 104 valence electrons. The van der Waals surface area contributed by atoms with Crippen LogP contribution in [0.5, 0.6) is 0 Å². The Morgan fingerprint density at radius 2 is 1.67 bits per heavy atom. The lowest BCUT2D eigenvalue weighted by molar-refractivity contribution is -0.131. The minimum absolute atomic E-state index is 0.279. The van der Waals surface area contributed by atoms with Crippen LogP contribution < -0.4 is 5.32 Å². The second-order valence-corrected chi connectivity index (χ2v) is 6.08. The van der Waals surface area contributed by atoms with E-state index in [0.29, 0.717) is 12.6 Å². The van der Waals surface area contributed by atoms with Crippen LogP contribution in [0.1, 0.15) is 57.8 Å². The summed E-state index contributed by atoms with van der Waals surface area (Å²) in [6.45, 7) is 1.56. The van der Waals surface area contributed by atoms with Gasteiger partial charge in [0.1, 0.15) is 0 Å². The Morgan fingerprint density at radius 1 is 1.06 bits per heavy atom. The van der Waals surface area contributed by atoms with Gasteiger partial charge in [-0.15, -0.1) is 0 Å². The van der Waals surface area contributed by atoms with Gasteiger partial charge in [-0.3, -0.25) is 4.79 Å². The van der Waals surface area contributed by atoms with Gasteiger partial charge in [-0.25, -0.2) is 0 Å². The van der Waals surface area contributed by atoms with Gasteiger partial charge in [0.25, 0.3) is 0 Å². The molecule has 0 aromatic rings. The van der Waals surface area contributed by atoms with Crippen LogP contribution in [0.15, 0.2) is 0 Å². The van der Waals surface area contributed by atoms with E-state index in [1.165, 1.54) is 57.8 Å². The zero-order valence-corrected chi connectivity index (χ0v) is 11.8. The number of likely N-dealkylation sites (N-methyl/N-ethyl adjacent to an activating group) is 1. The highest BCUT2D eigenvalue weighted by molar-refractivity contribution is 5.78. The van der Waals surface area contributed by atoms with Crippen molar-refractivity contribution in [3.63, 3.8) is 0 Å². The molecule has 0 saturated heterocycles. The second-order valence-electron chi connectivity index (χ2n) is 6.08. The number of carbonyl (C=O) groups is 1. The van der Waals surface area contributed by atoms with E-state index in [2.05, 4.69) is 5.32 Å². The fraction of sp³-hybridized carbons (Fsp3) is 0.933. The maximum atomic E-state index is 12.1. The fourth-order valence-electron chi connectivity index (χ4n) is 2.86. The van der Waals surface area contributed by atoms with E-state index in [4.69, 9.17) is 0 Å². The van der Waals surface area contributed by atoms with Crippen molar-refractivity contribution in [1.82, 2.24) is 10.2 Å². The van der Waals surface area contributed by atoms with Crippen LogP contribution in [0.25, 0.3) is 0 Å². The topological polar surface area (TPSA) is 32.3 Å². The molecule has 18 heavy (non-hydrogen) atoms. The first-order valence-corrected chi connectivity index (χ1v) is 7.74. The molecular formula is C15H28N2O. The van der Waals surface area contributed by atoms with E-state index in [0.717, 1.165) is 12.5 Å². The monoisotopic (exact) mass is 252 g/mol. The molecule has 0 radical (unpaired) electrons. The largest absolute Gasteiger partial charge is 0.342 e. The maximum absolute atomic E-state index is 12.1. The maximum Gasteiger partial charge on any atom is 0.236 e. The molecule has 1 amide bonds. The van der Waals surface area contributed by atoms with Crippen molar-refractivity contribution in [2.45, 2.75) is 63.8 Å². The van der Waals surface area contributed by atoms with Crippen LogP contribution in [0.2, 0.25) is 0 Å². The standard InChI is InChI=1S/C15H28N2O/c1-17(14-7-5-3-2-4-6-8-14)15(18)12-16-11-13-9-10-13/h13-14,16H,2-12H2,1H3. The van der Waals surface area contributed by atoms with Crippen LogP contribution in [-0.2, 0) is 4.79 Å². The van der Waals surface area contributed by atoms with Crippen molar-refractivity contribution >= 4 is 5.91 Å². The fourth-order valence-corrected chi connectivity index (χ4v) is 2.86. The Morgan fingerprint density at radius 3 is 2.28 bits per heavy atom. The lowest BCUT2D eigenvalue weighted by atomic mass is 9.96. The predicted octanol–water partition coefficient (Wildman–Crippen LogP) is 2.56. The van der Waals surface area contributed by atoms with Gasteiger partial charge < -0.3 is 10.2 Å². The zero-order valence-electron chi connectivity index (χ0n) is 11.8. The third kappa shape index (κ3) is 4.60. The van der Waals surface area contributed by atoms with Crippen molar-refractivity contribution in [2.24, 2.45) is 5.92 Å². The highest BCUT2D eigenvalue weighted by Crippen LogP contribution is 2.27. The summed E-state index contributed by atoms with van der Waals surface area (Å²) in [6, 6.07) is 0.487. The average Bonchev–Trinajstić information content (AvgIpc) is 3.11. The van der Waals surface area contributed by atoms with Crippen LogP contribution in [0.4, 0.5) is 0 Å². The first-order chi connectivity index (χ1) is 8.77. The molecule has 0 spiro atoms. The predicted molar refractivity (Wildman–Crippen MR) is 74.5 cm³/mol. The third-order valence-corrected chi connectivity index (χ3v) is 4.42. The normalized spacial score (nSPS) is 22.3. The smallest absolute Gasteiger partial charge is 0.236 e. The van der Waals surface area contributed by atoms with Crippen molar-refractivity contribution < 1.29 is 4.79 Å². The quantitative estimate of drug-likeness (QED) is 0.815. The number of rotatable bonds is 5. The van der Waals surface area contributed by atoms with Crippen molar-refractivity contribution in [1.29, 1.82) is 0 Å². The summed E-state index contributed by atoms with van der Waals surface area (Å²) in [5.74, 6) is 1.13. The molecule has 1 N–H and O–H groups in total. The molecule has 3 heteroatoms. The van der Waals surface area contributed by atoms with Gasteiger partial charge in [0.2, 0.25) is 5.91 Å². The first-order valence-electron chi connectivity index (χ1n) is 7.74. The number of nitrogens with one attached hydrogen (secondary N) is 1. The summed E-state index contributed by atoms with van der Waals surface area (Å²) >= 11 is 0. The Balaban J connectivity index is 1.68. The molecule has 0 aromatic heterocycles. The number of nitrogens with zero attached hydrogens (tertiary/aromatic N) is 1. The van der Waals surface area contributed by atoms with E-state index >= 15 is 0 Å². The zero-order chi connectivity index (χ0) is 12.8. The summed E-state index contributed by atoms with van der Waals surface area (Å²) in [4.78, 5) is 14.1. The molecule has 0 unspecified atom stereocenters. The summed E-state index contributed by atoms with van der Waals surface area (Å²) in [6.07, 6.45) is 11.7. The summed E-state index contributed by atoms with van der Waals surface area (Å²) in [5, 5.41) is 3.30. The first kappa shape index (κ1) is 13.9. The van der Waals surface area contributed by atoms with Crippen LogP contribution >= 0.6 is 0 Å². The molecule has 2 fully saturated rings. The molecule has 3 nitrogen and oxygen atoms in total. The molecule has 0 aliphatic heterocycles. The van der Waals surface area contributed by atoms with Gasteiger partial charge in [-0.05, 0) is 38.1 Å². The lowest BCUT2D eigenvalue weighted by Crippen LogP contribution is -2.42. The van der Waals surface area contributed by atoms with Crippen molar-refractivity contribution in [3.05, 3.63) is 0 Å². The van der Waals surface area contributed by atoms with Gasteiger partial charge in [0.05, 0.1) is 6.54 Å².